The number of carbonyl (C=O) groups excluding carboxylic acids is 3. The van der Waals surface area contributed by atoms with Gasteiger partial charge in [-0.2, -0.15) is 0 Å². The number of hydrogen-bond acceptors (Lipinski definition) is 5. The normalized spacial score (nSPS) is 34.2. The summed E-state index contributed by atoms with van der Waals surface area (Å²) in [5, 5.41) is 0. The predicted octanol–water partition coefficient (Wildman–Crippen LogP) is 1.31. The van der Waals surface area contributed by atoms with Gasteiger partial charge in [0.2, 0.25) is 11.8 Å². The van der Waals surface area contributed by atoms with Gasteiger partial charge >= 0.3 is 5.97 Å². The van der Waals surface area contributed by atoms with Crippen molar-refractivity contribution in [3.05, 3.63) is 42.0 Å². The summed E-state index contributed by atoms with van der Waals surface area (Å²) in [5.41, 5.74) is -0.0388. The van der Waals surface area contributed by atoms with E-state index in [1.165, 1.54) is 18.1 Å². The molecule has 3 aliphatic rings. The summed E-state index contributed by atoms with van der Waals surface area (Å²) in [6.07, 6.45) is 3.36. The first-order valence-corrected chi connectivity index (χ1v) is 7.39. The lowest BCUT2D eigenvalue weighted by atomic mass is 9.78. The highest BCUT2D eigenvalue weighted by Crippen LogP contribution is 2.52. The smallest absolute Gasteiger partial charge is 0.337 e. The monoisotopic (exact) mass is 313 g/mol. The van der Waals surface area contributed by atoms with E-state index in [2.05, 4.69) is 4.74 Å². The van der Waals surface area contributed by atoms with E-state index in [9.17, 15) is 14.4 Å². The van der Waals surface area contributed by atoms with Crippen LogP contribution < -0.4 is 4.90 Å². The van der Waals surface area contributed by atoms with Crippen LogP contribution in [0.3, 0.4) is 0 Å². The first-order valence-electron chi connectivity index (χ1n) is 7.39. The molecule has 2 saturated heterocycles. The maximum Gasteiger partial charge on any atom is 0.337 e. The van der Waals surface area contributed by atoms with Gasteiger partial charge in [0.1, 0.15) is 0 Å². The molecule has 2 bridgehead atoms. The molecular weight excluding hydrogens is 298 g/mol. The number of carbonyl (C=O) groups is 3. The van der Waals surface area contributed by atoms with Crippen molar-refractivity contribution in [2.45, 2.75) is 18.6 Å². The minimum absolute atomic E-state index is 0.278. The Morgan fingerprint density at radius 2 is 2.09 bits per heavy atom. The summed E-state index contributed by atoms with van der Waals surface area (Å²) < 4.78 is 10.5. The van der Waals surface area contributed by atoms with E-state index in [0.717, 1.165) is 0 Å². The molecule has 0 radical (unpaired) electrons. The molecule has 4 rings (SSSR count). The summed E-state index contributed by atoms with van der Waals surface area (Å²) >= 11 is 0. The molecule has 4 atom stereocenters. The van der Waals surface area contributed by atoms with Gasteiger partial charge in [0.15, 0.2) is 0 Å². The Bertz CT molecular complexity index is 770. The topological polar surface area (TPSA) is 72.9 Å². The number of anilines is 1. The molecule has 0 aromatic heterocycles. The molecule has 6 nitrogen and oxygen atoms in total. The molecule has 3 aliphatic heterocycles. The summed E-state index contributed by atoms with van der Waals surface area (Å²) in [4.78, 5) is 38.4. The number of methoxy groups -OCH3 is 1. The zero-order valence-electron chi connectivity index (χ0n) is 12.7. The van der Waals surface area contributed by atoms with Gasteiger partial charge in [0.25, 0.3) is 0 Å². The molecule has 1 aromatic rings. The summed E-state index contributed by atoms with van der Waals surface area (Å²) in [6.45, 7) is 1.83. The zero-order chi connectivity index (χ0) is 16.4. The van der Waals surface area contributed by atoms with E-state index >= 15 is 0 Å². The average molecular weight is 313 g/mol. The van der Waals surface area contributed by atoms with E-state index in [0.29, 0.717) is 11.3 Å². The number of hydrogen-bond donors (Lipinski definition) is 0. The molecular formula is C17H15NO5. The summed E-state index contributed by atoms with van der Waals surface area (Å²) in [6, 6.07) is 6.35. The standard InChI is InChI=1S/C17H15NO5/c1-17-7-6-11(23-17)12-13(17)15(20)18(14(12)19)10-5-3-4-9(8-10)16(21)22-2/h3-8,11-13H,1-2H3/t11-,12-,13+,17-/m0/s1. The lowest BCUT2D eigenvalue weighted by Gasteiger charge is -2.24. The molecule has 2 amide bonds. The van der Waals surface area contributed by atoms with Crippen molar-refractivity contribution in [2.75, 3.05) is 12.0 Å². The van der Waals surface area contributed by atoms with Gasteiger partial charge in [-0.15, -0.1) is 0 Å². The van der Waals surface area contributed by atoms with Gasteiger partial charge < -0.3 is 9.47 Å². The number of imide groups is 1. The molecule has 0 N–H and O–H groups in total. The van der Waals surface area contributed by atoms with Crippen molar-refractivity contribution >= 4 is 23.5 Å². The lowest BCUT2D eigenvalue weighted by Crippen LogP contribution is -2.38. The van der Waals surface area contributed by atoms with Crippen LogP contribution in [0.5, 0.6) is 0 Å². The second kappa shape index (κ2) is 4.52. The number of fused-ring (bicyclic) bond motifs is 5. The van der Waals surface area contributed by atoms with Gasteiger partial charge in [-0.1, -0.05) is 18.2 Å². The Kier molecular flexibility index (Phi) is 2.78. The molecule has 23 heavy (non-hydrogen) atoms. The Balaban J connectivity index is 1.73. The van der Waals surface area contributed by atoms with Crippen molar-refractivity contribution < 1.29 is 23.9 Å². The highest BCUT2D eigenvalue weighted by molar-refractivity contribution is 6.23. The van der Waals surface area contributed by atoms with Crippen LogP contribution in [-0.2, 0) is 19.1 Å². The van der Waals surface area contributed by atoms with Gasteiger partial charge in [-0.05, 0) is 25.1 Å². The van der Waals surface area contributed by atoms with Crippen LogP contribution in [0, 0.1) is 11.8 Å². The van der Waals surface area contributed by atoms with E-state index < -0.39 is 23.4 Å². The largest absolute Gasteiger partial charge is 0.465 e. The number of rotatable bonds is 2. The quantitative estimate of drug-likeness (QED) is 0.467. The molecule has 0 spiro atoms. The third kappa shape index (κ3) is 1.75. The lowest BCUT2D eigenvalue weighted by molar-refractivity contribution is -0.126. The second-order valence-corrected chi connectivity index (χ2v) is 6.18. The van der Waals surface area contributed by atoms with Crippen LogP contribution in [0.25, 0.3) is 0 Å². The Morgan fingerprint density at radius 1 is 1.30 bits per heavy atom. The van der Waals surface area contributed by atoms with E-state index in [1.807, 2.05) is 19.1 Å². The third-order valence-electron chi connectivity index (χ3n) is 4.85. The number of amides is 2. The van der Waals surface area contributed by atoms with Crippen molar-refractivity contribution in [2.24, 2.45) is 11.8 Å². The first kappa shape index (κ1) is 14.1. The maximum atomic E-state index is 12.8. The number of benzene rings is 1. The Hall–Kier alpha value is -2.47. The van der Waals surface area contributed by atoms with E-state index in [4.69, 9.17) is 4.74 Å². The van der Waals surface area contributed by atoms with Crippen molar-refractivity contribution in [3.63, 3.8) is 0 Å². The first-order chi connectivity index (χ1) is 11.0. The molecule has 0 aliphatic carbocycles. The van der Waals surface area contributed by atoms with Crippen LogP contribution in [0.15, 0.2) is 36.4 Å². The van der Waals surface area contributed by atoms with Crippen LogP contribution in [0.2, 0.25) is 0 Å². The fourth-order valence-corrected chi connectivity index (χ4v) is 3.80. The third-order valence-corrected chi connectivity index (χ3v) is 4.85. The van der Waals surface area contributed by atoms with Crippen LogP contribution in [0.1, 0.15) is 17.3 Å². The Labute approximate surface area is 132 Å². The van der Waals surface area contributed by atoms with Crippen LogP contribution in [0.4, 0.5) is 5.69 Å². The van der Waals surface area contributed by atoms with E-state index in [1.54, 1.807) is 18.2 Å². The molecule has 118 valence electrons. The second-order valence-electron chi connectivity index (χ2n) is 6.18. The number of nitrogens with zero attached hydrogens (tertiary/aromatic N) is 1. The van der Waals surface area contributed by atoms with Crippen molar-refractivity contribution in [1.29, 1.82) is 0 Å². The molecule has 6 heteroatoms. The minimum Gasteiger partial charge on any atom is -0.465 e. The van der Waals surface area contributed by atoms with Crippen molar-refractivity contribution in [1.82, 2.24) is 0 Å². The molecule has 0 saturated carbocycles. The van der Waals surface area contributed by atoms with Gasteiger partial charge in [-0.3, -0.25) is 9.59 Å². The van der Waals surface area contributed by atoms with E-state index in [-0.39, 0.29) is 17.9 Å². The highest BCUT2D eigenvalue weighted by Gasteiger charge is 2.66. The predicted molar refractivity (Wildman–Crippen MR) is 79.7 cm³/mol. The summed E-state index contributed by atoms with van der Waals surface area (Å²) in [5.74, 6) is -2.06. The minimum atomic E-state index is -0.725. The highest BCUT2D eigenvalue weighted by atomic mass is 16.5. The molecule has 3 heterocycles. The van der Waals surface area contributed by atoms with Gasteiger partial charge in [0.05, 0.1) is 41.9 Å². The fourth-order valence-electron chi connectivity index (χ4n) is 3.80. The van der Waals surface area contributed by atoms with Crippen LogP contribution >= 0.6 is 0 Å². The SMILES string of the molecule is COC(=O)c1cccc(N2C(=O)[C@H]3[C@@H]4C=C[C@](C)(O4)[C@H]3C2=O)c1. The molecule has 0 unspecified atom stereocenters. The Morgan fingerprint density at radius 3 is 2.78 bits per heavy atom. The van der Waals surface area contributed by atoms with Gasteiger partial charge in [0, 0.05) is 0 Å². The molecule has 1 aromatic carbocycles. The van der Waals surface area contributed by atoms with Crippen LogP contribution in [-0.4, -0.2) is 36.6 Å². The summed E-state index contributed by atoms with van der Waals surface area (Å²) in [7, 11) is 1.28. The number of esters is 1. The number of ether oxygens (including phenoxy) is 2. The fraction of sp³-hybridized carbons (Fsp3) is 0.353. The van der Waals surface area contributed by atoms with Crippen molar-refractivity contribution in [3.8, 4) is 0 Å². The van der Waals surface area contributed by atoms with Gasteiger partial charge in [-0.25, -0.2) is 9.69 Å². The average Bonchev–Trinajstić information content (AvgIpc) is 3.15. The maximum absolute atomic E-state index is 12.8. The molecule has 2 fully saturated rings. The zero-order valence-corrected chi connectivity index (χ0v) is 12.7.